The molecule has 5 heteroatoms. The van der Waals surface area contributed by atoms with Gasteiger partial charge in [-0.2, -0.15) is 0 Å². The number of fused-ring (bicyclic) bond motifs is 13. The Hall–Kier alpha value is -6.07. The molecule has 0 saturated heterocycles. The van der Waals surface area contributed by atoms with Crippen LogP contribution < -0.4 is 21.3 Å². The number of para-hydroxylation sites is 1. The van der Waals surface area contributed by atoms with Crippen molar-refractivity contribution < 1.29 is 4.42 Å². The molecule has 13 rings (SSSR count). The van der Waals surface area contributed by atoms with E-state index in [4.69, 9.17) is 9.40 Å². The van der Waals surface area contributed by atoms with Crippen LogP contribution in [0.3, 0.4) is 0 Å². The molecule has 3 aromatic heterocycles. The van der Waals surface area contributed by atoms with E-state index >= 15 is 0 Å². The molecule has 2 aliphatic heterocycles. The molecule has 0 unspecified atom stereocenters. The summed E-state index contributed by atoms with van der Waals surface area (Å²) in [5.41, 5.74) is 21.6. The molecule has 4 nitrogen and oxygen atoms in total. The SMILES string of the molecule is Cc1cccc2c1c1nc3cc4c(c5c3n1c1c3c(cc(C)c21)N(c1cccc2oc6ccccc6c12)c1c(cc(C(C)(C)C)c2ccccc12)B53)CCCC4. The molecule has 0 atom stereocenters. The number of nitrogens with zero attached hydrogens (tertiary/aromatic N) is 3. The third-order valence-corrected chi connectivity index (χ3v) is 13.6. The molecule has 5 heterocycles. The standard InChI is InChI=1S/C51H40BN3O/c1-27-14-12-20-34-42-28(2)24-39-46-49(42)55-48-37(53-50(55)43(27)34)25-29-15-6-7-16-30(29)45(48)52(46)36-26-35(51(3,4)5)31-17-8-9-18-32(31)47(36)54(39)38-21-13-23-41-44(38)33-19-10-11-22-40(33)56-41/h8-14,17-26H,6-7,15-16H2,1-5H3. The largest absolute Gasteiger partial charge is 0.456 e. The third kappa shape index (κ3) is 3.70. The Morgan fingerprint density at radius 3 is 2.25 bits per heavy atom. The zero-order valence-corrected chi connectivity index (χ0v) is 32.5. The van der Waals surface area contributed by atoms with Gasteiger partial charge in [-0.15, -0.1) is 0 Å². The molecule has 0 fully saturated rings. The van der Waals surface area contributed by atoms with E-state index < -0.39 is 0 Å². The van der Waals surface area contributed by atoms with E-state index in [0.717, 1.165) is 51.6 Å². The van der Waals surface area contributed by atoms with Crippen LogP contribution >= 0.6 is 0 Å². The van der Waals surface area contributed by atoms with Crippen LogP contribution in [-0.2, 0) is 18.3 Å². The Balaban J connectivity index is 1.32. The van der Waals surface area contributed by atoms with Crippen molar-refractivity contribution >= 4 is 111 Å². The number of hydrogen-bond acceptors (Lipinski definition) is 3. The van der Waals surface area contributed by atoms with Gasteiger partial charge >= 0.3 is 0 Å². The minimum Gasteiger partial charge on any atom is -0.456 e. The molecule has 0 spiro atoms. The second-order valence-corrected chi connectivity index (χ2v) is 17.8. The lowest BCUT2D eigenvalue weighted by molar-refractivity contribution is 0.596. The van der Waals surface area contributed by atoms with Crippen molar-refractivity contribution in [1.82, 2.24) is 9.38 Å². The number of anilines is 3. The van der Waals surface area contributed by atoms with Crippen LogP contribution in [0.4, 0.5) is 17.1 Å². The van der Waals surface area contributed by atoms with Crippen molar-refractivity contribution in [2.45, 2.75) is 65.7 Å². The molecule has 56 heavy (non-hydrogen) atoms. The molecule has 268 valence electrons. The highest BCUT2D eigenvalue weighted by Crippen LogP contribution is 2.50. The number of benzene rings is 7. The van der Waals surface area contributed by atoms with Crippen molar-refractivity contribution in [3.05, 3.63) is 131 Å². The molecule has 0 N–H and O–H groups in total. The minimum atomic E-state index is -0.0707. The fourth-order valence-corrected chi connectivity index (χ4v) is 11.4. The second-order valence-electron chi connectivity index (χ2n) is 17.8. The Bertz CT molecular complexity index is 3450. The van der Waals surface area contributed by atoms with Crippen LogP contribution in [0.5, 0.6) is 0 Å². The van der Waals surface area contributed by atoms with Crippen molar-refractivity contribution in [1.29, 1.82) is 0 Å². The molecule has 0 bridgehead atoms. The van der Waals surface area contributed by atoms with E-state index in [-0.39, 0.29) is 12.1 Å². The lowest BCUT2D eigenvalue weighted by Crippen LogP contribution is -2.61. The van der Waals surface area contributed by atoms with Gasteiger partial charge in [-0.1, -0.05) is 93.6 Å². The number of rotatable bonds is 1. The summed E-state index contributed by atoms with van der Waals surface area (Å²) < 4.78 is 9.21. The predicted octanol–water partition coefficient (Wildman–Crippen LogP) is 11.3. The number of furan rings is 1. The fourth-order valence-electron chi connectivity index (χ4n) is 11.4. The van der Waals surface area contributed by atoms with Gasteiger partial charge in [0, 0.05) is 32.9 Å². The summed E-state index contributed by atoms with van der Waals surface area (Å²) in [5, 5.41) is 8.81. The Kier molecular flexibility index (Phi) is 5.79. The molecule has 0 radical (unpaired) electrons. The maximum absolute atomic E-state index is 6.60. The topological polar surface area (TPSA) is 33.7 Å². The van der Waals surface area contributed by atoms with Gasteiger partial charge in [0.05, 0.1) is 27.6 Å². The van der Waals surface area contributed by atoms with E-state index in [2.05, 4.69) is 147 Å². The molecule has 3 aliphatic rings. The monoisotopic (exact) mass is 721 g/mol. The van der Waals surface area contributed by atoms with Crippen LogP contribution in [0, 0.1) is 13.8 Å². The summed E-state index contributed by atoms with van der Waals surface area (Å²) in [4.78, 5) is 8.28. The van der Waals surface area contributed by atoms with Crippen molar-refractivity contribution in [3.8, 4) is 0 Å². The highest BCUT2D eigenvalue weighted by molar-refractivity contribution is 7.01. The van der Waals surface area contributed by atoms with Crippen molar-refractivity contribution in [2.75, 3.05) is 4.90 Å². The van der Waals surface area contributed by atoms with Crippen LogP contribution in [-0.4, -0.2) is 16.1 Å². The van der Waals surface area contributed by atoms with Gasteiger partial charge in [-0.3, -0.25) is 4.40 Å². The van der Waals surface area contributed by atoms with E-state index in [1.165, 1.54) is 101 Å². The van der Waals surface area contributed by atoms with Gasteiger partial charge < -0.3 is 9.32 Å². The number of aromatic nitrogens is 2. The van der Waals surface area contributed by atoms with Crippen molar-refractivity contribution in [2.24, 2.45) is 0 Å². The first-order valence-corrected chi connectivity index (χ1v) is 20.4. The van der Waals surface area contributed by atoms with Gasteiger partial charge in [0.1, 0.15) is 16.8 Å². The molecule has 0 saturated carbocycles. The number of pyridine rings is 1. The highest BCUT2D eigenvalue weighted by atomic mass is 16.3. The summed E-state index contributed by atoms with van der Waals surface area (Å²) in [6.45, 7) is 11.8. The quantitative estimate of drug-likeness (QED) is 0.125. The molecular formula is C51H40BN3O. The van der Waals surface area contributed by atoms with Crippen LogP contribution in [0.15, 0.2) is 108 Å². The molecule has 7 aromatic carbocycles. The Labute approximate surface area is 325 Å². The molecule has 10 aromatic rings. The first-order chi connectivity index (χ1) is 27.3. The Morgan fingerprint density at radius 1 is 0.643 bits per heavy atom. The fraction of sp³-hybridized carbons (Fsp3) is 0.196. The average molecular weight is 722 g/mol. The summed E-state index contributed by atoms with van der Waals surface area (Å²) in [6, 6.07) is 38.7. The maximum atomic E-state index is 6.60. The molecule has 0 amide bonds. The number of imidazole rings is 1. The Morgan fingerprint density at radius 2 is 1.39 bits per heavy atom. The molecular weight excluding hydrogens is 681 g/mol. The van der Waals surface area contributed by atoms with E-state index in [9.17, 15) is 0 Å². The van der Waals surface area contributed by atoms with Gasteiger partial charge in [-0.25, -0.2) is 4.98 Å². The van der Waals surface area contributed by atoms with E-state index in [0.29, 0.717) is 0 Å². The van der Waals surface area contributed by atoms with Crippen LogP contribution in [0.2, 0.25) is 0 Å². The zero-order chi connectivity index (χ0) is 37.4. The van der Waals surface area contributed by atoms with Crippen LogP contribution in [0.1, 0.15) is 61.4 Å². The molecule has 1 aliphatic carbocycles. The summed E-state index contributed by atoms with van der Waals surface area (Å²) >= 11 is 0. The van der Waals surface area contributed by atoms with Gasteiger partial charge in [0.2, 0.25) is 0 Å². The second kappa shape index (κ2) is 10.4. The van der Waals surface area contributed by atoms with Gasteiger partial charge in [0.15, 0.2) is 0 Å². The maximum Gasteiger partial charge on any atom is 0.252 e. The lowest BCUT2D eigenvalue weighted by atomic mass is 9.32. The summed E-state index contributed by atoms with van der Waals surface area (Å²) in [6.07, 6.45) is 4.67. The lowest BCUT2D eigenvalue weighted by Gasteiger charge is -2.42. The highest BCUT2D eigenvalue weighted by Gasteiger charge is 2.45. The summed E-state index contributed by atoms with van der Waals surface area (Å²) in [5.74, 6) is 0. The first kappa shape index (κ1) is 31.2. The smallest absolute Gasteiger partial charge is 0.252 e. The average Bonchev–Trinajstić information content (AvgIpc) is 3.77. The van der Waals surface area contributed by atoms with Crippen molar-refractivity contribution in [3.63, 3.8) is 0 Å². The van der Waals surface area contributed by atoms with Gasteiger partial charge in [-0.05, 0) is 130 Å². The van der Waals surface area contributed by atoms with Gasteiger partial charge in [0.25, 0.3) is 6.71 Å². The number of aryl methyl sites for hydroxylation is 3. The van der Waals surface area contributed by atoms with E-state index in [1.54, 1.807) is 5.56 Å². The van der Waals surface area contributed by atoms with Crippen LogP contribution in [0.25, 0.3) is 71.1 Å². The first-order valence-electron chi connectivity index (χ1n) is 20.4. The number of hydrogen-bond donors (Lipinski definition) is 0. The minimum absolute atomic E-state index is 0.0514. The third-order valence-electron chi connectivity index (χ3n) is 13.6. The normalized spacial score (nSPS) is 14.9. The zero-order valence-electron chi connectivity index (χ0n) is 32.5. The van der Waals surface area contributed by atoms with E-state index in [1.807, 2.05) is 0 Å². The predicted molar refractivity (Wildman–Crippen MR) is 237 cm³/mol. The summed E-state index contributed by atoms with van der Waals surface area (Å²) in [7, 11) is 0.